The Balaban J connectivity index is 3.45. The summed E-state index contributed by atoms with van der Waals surface area (Å²) < 4.78 is 0. The normalized spacial score (nSPS) is 15.9. The van der Waals surface area contributed by atoms with Crippen molar-refractivity contribution in [2.24, 2.45) is 5.92 Å². The van der Waals surface area contributed by atoms with Crippen molar-refractivity contribution in [3.05, 3.63) is 0 Å². The topological polar surface area (TPSA) is 52.5 Å². The summed E-state index contributed by atoms with van der Waals surface area (Å²) in [6.07, 6.45) is 2.62. The van der Waals surface area contributed by atoms with Crippen molar-refractivity contribution >= 4 is 0 Å². The highest BCUT2D eigenvalue weighted by molar-refractivity contribution is 4.76. The van der Waals surface area contributed by atoms with E-state index in [1.54, 1.807) is 0 Å². The highest BCUT2D eigenvalue weighted by atomic mass is 16.3. The van der Waals surface area contributed by atoms with Gasteiger partial charge in [0.05, 0.1) is 5.60 Å². The maximum atomic E-state index is 9.93. The fraction of sp³-hybridized carbons (Fsp3) is 1.00. The monoisotopic (exact) mass is 203 g/mol. The van der Waals surface area contributed by atoms with Crippen LogP contribution >= 0.6 is 0 Å². The second-order valence-corrected chi connectivity index (χ2v) is 4.70. The zero-order valence-electron chi connectivity index (χ0n) is 9.71. The molecule has 0 aromatic heterocycles. The van der Waals surface area contributed by atoms with Crippen LogP contribution in [0.25, 0.3) is 0 Å². The van der Waals surface area contributed by atoms with E-state index < -0.39 is 5.60 Å². The molecule has 0 radical (unpaired) electrons. The zero-order valence-corrected chi connectivity index (χ0v) is 9.71. The molecule has 0 spiro atoms. The van der Waals surface area contributed by atoms with Gasteiger partial charge in [-0.05, 0) is 38.6 Å². The molecule has 0 fully saturated rings. The Hall–Kier alpha value is -0.120. The molecule has 0 aliphatic rings. The predicted octanol–water partition coefficient (Wildman–Crippen LogP) is 1.15. The summed E-state index contributed by atoms with van der Waals surface area (Å²) >= 11 is 0. The number of unbranched alkanes of at least 4 members (excludes halogenated alkanes) is 1. The molecule has 0 saturated carbocycles. The predicted molar refractivity (Wildman–Crippen MR) is 59.3 cm³/mol. The Morgan fingerprint density at radius 1 is 1.29 bits per heavy atom. The third-order valence-electron chi connectivity index (χ3n) is 2.12. The van der Waals surface area contributed by atoms with Crippen LogP contribution in [0.4, 0.5) is 0 Å². The van der Waals surface area contributed by atoms with E-state index in [-0.39, 0.29) is 6.61 Å². The van der Waals surface area contributed by atoms with Crippen molar-refractivity contribution in [2.75, 3.05) is 19.7 Å². The van der Waals surface area contributed by atoms with E-state index in [1.165, 1.54) is 0 Å². The lowest BCUT2D eigenvalue weighted by Gasteiger charge is -2.25. The molecule has 3 nitrogen and oxygen atoms in total. The Morgan fingerprint density at radius 3 is 2.43 bits per heavy atom. The van der Waals surface area contributed by atoms with Crippen LogP contribution in [0, 0.1) is 5.92 Å². The Bertz CT molecular complexity index is 135. The maximum Gasteiger partial charge on any atom is 0.0746 e. The molecule has 1 atom stereocenters. The van der Waals surface area contributed by atoms with Gasteiger partial charge in [-0.25, -0.2) is 0 Å². The number of hydrogen-bond donors (Lipinski definition) is 3. The fourth-order valence-electron chi connectivity index (χ4n) is 1.67. The van der Waals surface area contributed by atoms with Crippen LogP contribution in [0.2, 0.25) is 0 Å². The third kappa shape index (κ3) is 8.48. The largest absolute Gasteiger partial charge is 0.396 e. The summed E-state index contributed by atoms with van der Waals surface area (Å²) in [6.45, 7) is 7.85. The Labute approximate surface area is 87.5 Å². The first-order valence-electron chi connectivity index (χ1n) is 5.52. The Morgan fingerprint density at radius 2 is 1.93 bits per heavy atom. The number of hydrogen-bond acceptors (Lipinski definition) is 3. The van der Waals surface area contributed by atoms with Crippen molar-refractivity contribution in [3.8, 4) is 0 Å². The van der Waals surface area contributed by atoms with Gasteiger partial charge in [0.1, 0.15) is 0 Å². The average molecular weight is 203 g/mol. The van der Waals surface area contributed by atoms with Gasteiger partial charge in [0, 0.05) is 13.2 Å². The summed E-state index contributed by atoms with van der Waals surface area (Å²) in [6, 6.07) is 0. The van der Waals surface area contributed by atoms with Gasteiger partial charge in [-0.2, -0.15) is 0 Å². The van der Waals surface area contributed by atoms with Crippen molar-refractivity contribution in [1.82, 2.24) is 5.32 Å². The minimum Gasteiger partial charge on any atom is -0.396 e. The van der Waals surface area contributed by atoms with Gasteiger partial charge in [-0.1, -0.05) is 13.8 Å². The van der Waals surface area contributed by atoms with E-state index in [0.29, 0.717) is 12.5 Å². The van der Waals surface area contributed by atoms with E-state index in [0.717, 1.165) is 25.8 Å². The molecule has 14 heavy (non-hydrogen) atoms. The van der Waals surface area contributed by atoms with Crippen LogP contribution in [-0.4, -0.2) is 35.5 Å². The van der Waals surface area contributed by atoms with E-state index in [1.807, 2.05) is 6.92 Å². The van der Waals surface area contributed by atoms with Crippen LogP contribution < -0.4 is 5.32 Å². The molecule has 86 valence electrons. The molecule has 0 aromatic carbocycles. The van der Waals surface area contributed by atoms with Gasteiger partial charge in [0.15, 0.2) is 0 Å². The van der Waals surface area contributed by atoms with Gasteiger partial charge in [-0.15, -0.1) is 0 Å². The molecule has 0 rings (SSSR count). The number of rotatable bonds is 8. The SMILES string of the molecule is CC(C)CC(C)(O)CNCCCCO. The minimum absolute atomic E-state index is 0.254. The second-order valence-electron chi connectivity index (χ2n) is 4.70. The second kappa shape index (κ2) is 7.21. The maximum absolute atomic E-state index is 9.93. The van der Waals surface area contributed by atoms with E-state index in [2.05, 4.69) is 19.2 Å². The molecular weight excluding hydrogens is 178 g/mol. The van der Waals surface area contributed by atoms with Crippen LogP contribution in [-0.2, 0) is 0 Å². The molecular formula is C11H25NO2. The van der Waals surface area contributed by atoms with Crippen molar-refractivity contribution in [3.63, 3.8) is 0 Å². The van der Waals surface area contributed by atoms with Gasteiger partial charge in [0.25, 0.3) is 0 Å². The lowest BCUT2D eigenvalue weighted by atomic mass is 9.94. The first-order chi connectivity index (χ1) is 6.48. The standard InChI is InChI=1S/C11H25NO2/c1-10(2)8-11(3,14)9-12-6-4-5-7-13/h10,12-14H,4-9H2,1-3H3. The van der Waals surface area contributed by atoms with Gasteiger partial charge < -0.3 is 15.5 Å². The summed E-state index contributed by atoms with van der Waals surface area (Å²) in [5, 5.41) is 21.7. The molecule has 0 bridgehead atoms. The zero-order chi connectivity index (χ0) is 11.0. The smallest absolute Gasteiger partial charge is 0.0746 e. The molecule has 0 aliphatic carbocycles. The molecule has 0 amide bonds. The van der Waals surface area contributed by atoms with Crippen LogP contribution in [0.5, 0.6) is 0 Å². The van der Waals surface area contributed by atoms with Crippen LogP contribution in [0.15, 0.2) is 0 Å². The quantitative estimate of drug-likeness (QED) is 0.519. The van der Waals surface area contributed by atoms with Crippen LogP contribution in [0.3, 0.4) is 0 Å². The summed E-state index contributed by atoms with van der Waals surface area (Å²) in [5.74, 6) is 0.518. The summed E-state index contributed by atoms with van der Waals surface area (Å²) in [5.41, 5.74) is -0.604. The molecule has 3 heteroatoms. The fourth-order valence-corrected chi connectivity index (χ4v) is 1.67. The first-order valence-corrected chi connectivity index (χ1v) is 5.52. The first kappa shape index (κ1) is 13.9. The summed E-state index contributed by atoms with van der Waals surface area (Å²) in [4.78, 5) is 0. The van der Waals surface area contributed by atoms with E-state index in [4.69, 9.17) is 5.11 Å². The molecule has 1 unspecified atom stereocenters. The average Bonchev–Trinajstić information content (AvgIpc) is 2.01. The number of aliphatic hydroxyl groups excluding tert-OH is 1. The lowest BCUT2D eigenvalue weighted by Crippen LogP contribution is -2.39. The van der Waals surface area contributed by atoms with E-state index >= 15 is 0 Å². The molecule has 0 heterocycles. The third-order valence-corrected chi connectivity index (χ3v) is 2.12. The van der Waals surface area contributed by atoms with E-state index in [9.17, 15) is 5.11 Å². The van der Waals surface area contributed by atoms with Gasteiger partial charge in [0.2, 0.25) is 0 Å². The molecule has 0 aromatic rings. The molecule has 0 saturated heterocycles. The minimum atomic E-state index is -0.604. The summed E-state index contributed by atoms with van der Waals surface area (Å²) in [7, 11) is 0. The van der Waals surface area contributed by atoms with Crippen LogP contribution in [0.1, 0.15) is 40.0 Å². The van der Waals surface area contributed by atoms with Crippen molar-refractivity contribution in [1.29, 1.82) is 0 Å². The van der Waals surface area contributed by atoms with Crippen molar-refractivity contribution in [2.45, 2.75) is 45.6 Å². The highest BCUT2D eigenvalue weighted by Crippen LogP contribution is 2.14. The number of nitrogens with one attached hydrogen (secondary N) is 1. The number of aliphatic hydroxyl groups is 2. The Kier molecular flexibility index (Phi) is 7.15. The lowest BCUT2D eigenvalue weighted by molar-refractivity contribution is 0.0386. The van der Waals surface area contributed by atoms with Gasteiger partial charge in [-0.3, -0.25) is 0 Å². The molecule has 0 aliphatic heterocycles. The highest BCUT2D eigenvalue weighted by Gasteiger charge is 2.20. The van der Waals surface area contributed by atoms with Crippen molar-refractivity contribution < 1.29 is 10.2 Å². The molecule has 3 N–H and O–H groups in total. The van der Waals surface area contributed by atoms with Gasteiger partial charge >= 0.3 is 0 Å².